The molecule has 130 valence electrons. The Balaban J connectivity index is 3.78. The van der Waals surface area contributed by atoms with E-state index in [9.17, 15) is 18.0 Å². The summed E-state index contributed by atoms with van der Waals surface area (Å²) in [7, 11) is -0.671. The van der Waals surface area contributed by atoms with Crippen molar-refractivity contribution in [2.24, 2.45) is 0 Å². The first-order chi connectivity index (χ1) is 9.94. The molecule has 0 aromatic carbocycles. The number of carbonyl (C=O) groups is 2. The molecule has 0 atom stereocenters. The van der Waals surface area contributed by atoms with E-state index in [0.717, 1.165) is 4.31 Å². The van der Waals surface area contributed by atoms with Crippen LogP contribution in [0.2, 0.25) is 0 Å². The summed E-state index contributed by atoms with van der Waals surface area (Å²) in [5.74, 6) is -0.292. The zero-order valence-electron chi connectivity index (χ0n) is 13.7. The Labute approximate surface area is 131 Å². The number of ether oxygens (including phenoxy) is 1. The summed E-state index contributed by atoms with van der Waals surface area (Å²) in [5, 5.41) is 5.00. The van der Waals surface area contributed by atoms with Gasteiger partial charge in [-0.15, -0.1) is 0 Å². The van der Waals surface area contributed by atoms with Crippen molar-refractivity contribution in [3.8, 4) is 0 Å². The zero-order chi connectivity index (χ0) is 17.4. The highest BCUT2D eigenvalue weighted by atomic mass is 32.2. The van der Waals surface area contributed by atoms with Crippen LogP contribution in [-0.2, 0) is 19.7 Å². The molecule has 0 heterocycles. The van der Waals surface area contributed by atoms with Crippen molar-refractivity contribution in [3.63, 3.8) is 0 Å². The number of hydrogen-bond acceptors (Lipinski definition) is 5. The van der Waals surface area contributed by atoms with E-state index in [1.54, 1.807) is 20.8 Å². The molecule has 0 aliphatic heterocycles. The van der Waals surface area contributed by atoms with Crippen molar-refractivity contribution in [1.82, 2.24) is 19.7 Å². The Morgan fingerprint density at radius 3 is 2.14 bits per heavy atom. The average molecular weight is 338 g/mol. The molecule has 22 heavy (non-hydrogen) atoms. The molecule has 0 bridgehead atoms. The molecule has 0 aliphatic rings. The van der Waals surface area contributed by atoms with Gasteiger partial charge in [-0.1, -0.05) is 0 Å². The van der Waals surface area contributed by atoms with Crippen LogP contribution in [0.4, 0.5) is 4.79 Å². The van der Waals surface area contributed by atoms with Gasteiger partial charge in [0, 0.05) is 40.2 Å². The van der Waals surface area contributed by atoms with Gasteiger partial charge in [-0.2, -0.15) is 12.7 Å². The highest BCUT2D eigenvalue weighted by Gasteiger charge is 2.16. The molecule has 0 radical (unpaired) electrons. The summed E-state index contributed by atoms with van der Waals surface area (Å²) in [6, 6.07) is 0. The molecule has 0 saturated carbocycles. The highest BCUT2D eigenvalue weighted by Crippen LogP contribution is 2.06. The van der Waals surface area contributed by atoms with Crippen LogP contribution in [-0.4, -0.2) is 64.1 Å². The molecule has 9 nitrogen and oxygen atoms in total. The fourth-order valence-electron chi connectivity index (χ4n) is 1.19. The molecule has 2 amide bonds. The van der Waals surface area contributed by atoms with E-state index in [2.05, 4.69) is 15.4 Å². The van der Waals surface area contributed by atoms with Gasteiger partial charge in [-0.3, -0.25) is 4.79 Å². The zero-order valence-corrected chi connectivity index (χ0v) is 14.5. The van der Waals surface area contributed by atoms with Gasteiger partial charge in [0.25, 0.3) is 10.2 Å². The van der Waals surface area contributed by atoms with Crippen LogP contribution >= 0.6 is 0 Å². The van der Waals surface area contributed by atoms with E-state index in [4.69, 9.17) is 4.74 Å². The first-order valence-electron chi connectivity index (χ1n) is 6.85. The van der Waals surface area contributed by atoms with E-state index in [-0.39, 0.29) is 32.0 Å². The molecule has 0 aliphatic carbocycles. The van der Waals surface area contributed by atoms with Crippen LogP contribution < -0.4 is 15.4 Å². The maximum Gasteiger partial charge on any atom is 0.407 e. The number of rotatable bonds is 8. The lowest BCUT2D eigenvalue weighted by Gasteiger charge is -2.19. The molecule has 0 rings (SSSR count). The third-order valence-electron chi connectivity index (χ3n) is 2.23. The molecule has 0 saturated heterocycles. The molecule has 0 aromatic heterocycles. The second kappa shape index (κ2) is 8.91. The Hall–Kier alpha value is -1.39. The Morgan fingerprint density at radius 2 is 1.64 bits per heavy atom. The summed E-state index contributed by atoms with van der Waals surface area (Å²) in [4.78, 5) is 22.8. The van der Waals surface area contributed by atoms with Gasteiger partial charge in [-0.25, -0.2) is 9.52 Å². The van der Waals surface area contributed by atoms with Gasteiger partial charge in [0.2, 0.25) is 5.91 Å². The molecular weight excluding hydrogens is 312 g/mol. The first kappa shape index (κ1) is 20.6. The lowest BCUT2D eigenvalue weighted by atomic mass is 10.2. The van der Waals surface area contributed by atoms with E-state index in [0.29, 0.717) is 0 Å². The Bertz CT molecular complexity index is 470. The minimum absolute atomic E-state index is 0.0830. The highest BCUT2D eigenvalue weighted by molar-refractivity contribution is 7.87. The van der Waals surface area contributed by atoms with Gasteiger partial charge in [-0.05, 0) is 20.8 Å². The van der Waals surface area contributed by atoms with E-state index >= 15 is 0 Å². The summed E-state index contributed by atoms with van der Waals surface area (Å²) in [6.45, 7) is 5.63. The van der Waals surface area contributed by atoms with Gasteiger partial charge in [0.15, 0.2) is 0 Å². The maximum atomic E-state index is 11.5. The number of alkyl carbamates (subject to hydrolysis) is 1. The van der Waals surface area contributed by atoms with Crippen LogP contribution in [0.25, 0.3) is 0 Å². The third-order valence-corrected chi connectivity index (χ3v) is 3.76. The van der Waals surface area contributed by atoms with E-state index in [1.165, 1.54) is 14.1 Å². The molecule has 3 N–H and O–H groups in total. The lowest BCUT2D eigenvalue weighted by Crippen LogP contribution is -2.41. The van der Waals surface area contributed by atoms with E-state index < -0.39 is 21.9 Å². The molecule has 10 heteroatoms. The molecule has 0 spiro atoms. The van der Waals surface area contributed by atoms with Gasteiger partial charge < -0.3 is 15.4 Å². The average Bonchev–Trinajstić information content (AvgIpc) is 2.32. The van der Waals surface area contributed by atoms with Crippen LogP contribution in [0.1, 0.15) is 27.2 Å². The monoisotopic (exact) mass is 338 g/mol. The third kappa shape index (κ3) is 10.4. The molecule has 0 unspecified atom stereocenters. The maximum absolute atomic E-state index is 11.5. The predicted octanol–water partition coefficient (Wildman–Crippen LogP) is -0.587. The minimum atomic E-state index is -3.48. The van der Waals surface area contributed by atoms with Crippen molar-refractivity contribution in [1.29, 1.82) is 0 Å². The quantitative estimate of drug-likeness (QED) is 0.512. The second-order valence-electron chi connectivity index (χ2n) is 5.71. The van der Waals surface area contributed by atoms with Crippen LogP contribution in [0.5, 0.6) is 0 Å². The van der Waals surface area contributed by atoms with Crippen LogP contribution in [0.3, 0.4) is 0 Å². The minimum Gasteiger partial charge on any atom is -0.444 e. The van der Waals surface area contributed by atoms with Crippen molar-refractivity contribution in [2.75, 3.05) is 33.7 Å². The smallest absolute Gasteiger partial charge is 0.407 e. The lowest BCUT2D eigenvalue weighted by molar-refractivity contribution is -0.120. The largest absolute Gasteiger partial charge is 0.444 e. The number of carbonyl (C=O) groups excluding carboxylic acids is 2. The summed E-state index contributed by atoms with van der Waals surface area (Å²) >= 11 is 0. The summed E-state index contributed by atoms with van der Waals surface area (Å²) < 4.78 is 31.1. The molecular formula is C12H26N4O5S. The van der Waals surface area contributed by atoms with Crippen LogP contribution in [0, 0.1) is 0 Å². The van der Waals surface area contributed by atoms with Crippen molar-refractivity contribution >= 4 is 22.2 Å². The standard InChI is InChI=1S/C12H26N4O5S/c1-12(2,3)21-11(18)14-7-6-10(17)13-8-9-15-22(19,20)16(4)5/h15H,6-9H2,1-5H3,(H,13,17)(H,14,18). The fraction of sp³-hybridized carbons (Fsp3) is 0.833. The Morgan fingerprint density at radius 1 is 1.05 bits per heavy atom. The van der Waals surface area contributed by atoms with Gasteiger partial charge >= 0.3 is 6.09 Å². The normalized spacial score (nSPS) is 12.1. The van der Waals surface area contributed by atoms with Crippen molar-refractivity contribution < 1.29 is 22.7 Å². The number of amides is 2. The predicted molar refractivity (Wildman–Crippen MR) is 82.5 cm³/mol. The second-order valence-corrected chi connectivity index (χ2v) is 7.68. The Kier molecular flexibility index (Phi) is 8.35. The number of nitrogens with zero attached hydrogens (tertiary/aromatic N) is 1. The SMILES string of the molecule is CN(C)S(=O)(=O)NCCNC(=O)CCNC(=O)OC(C)(C)C. The first-order valence-corrected chi connectivity index (χ1v) is 8.29. The van der Waals surface area contributed by atoms with Gasteiger partial charge in [0.1, 0.15) is 5.60 Å². The number of nitrogens with one attached hydrogen (secondary N) is 3. The number of hydrogen-bond donors (Lipinski definition) is 3. The van der Waals surface area contributed by atoms with E-state index in [1.807, 2.05) is 0 Å². The summed E-state index contributed by atoms with van der Waals surface area (Å²) in [5.41, 5.74) is -0.587. The van der Waals surface area contributed by atoms with Crippen molar-refractivity contribution in [3.05, 3.63) is 0 Å². The fourth-order valence-corrected chi connectivity index (χ4v) is 1.81. The van der Waals surface area contributed by atoms with Crippen LogP contribution in [0.15, 0.2) is 0 Å². The molecule has 0 aromatic rings. The topological polar surface area (TPSA) is 117 Å². The van der Waals surface area contributed by atoms with Gasteiger partial charge in [0.05, 0.1) is 0 Å². The molecule has 0 fully saturated rings. The van der Waals surface area contributed by atoms with Crippen molar-refractivity contribution in [2.45, 2.75) is 32.8 Å². The summed E-state index contributed by atoms with van der Waals surface area (Å²) in [6.07, 6.45) is -0.501.